The van der Waals surface area contributed by atoms with Crippen LogP contribution in [0.1, 0.15) is 22.8 Å². The Morgan fingerprint density at radius 2 is 1.77 bits per heavy atom. The fraction of sp³-hybridized carbons (Fsp3) is 0.222. The lowest BCUT2D eigenvalue weighted by molar-refractivity contribution is -0.141. The van der Waals surface area contributed by atoms with Crippen molar-refractivity contribution in [2.24, 2.45) is 0 Å². The summed E-state index contributed by atoms with van der Waals surface area (Å²) in [4.78, 5) is 25.7. The van der Waals surface area contributed by atoms with Gasteiger partial charge >= 0.3 is 5.97 Å². The molecule has 0 saturated carbocycles. The maximum absolute atomic E-state index is 12.9. The lowest BCUT2D eigenvalue weighted by Crippen LogP contribution is -2.41. The zero-order chi connectivity index (χ0) is 15.5. The van der Waals surface area contributed by atoms with Crippen molar-refractivity contribution in [2.45, 2.75) is 19.4 Å². The van der Waals surface area contributed by atoms with Gasteiger partial charge in [0.1, 0.15) is 6.61 Å². The minimum Gasteiger partial charge on any atom is -0.464 e. The van der Waals surface area contributed by atoms with Crippen LogP contribution >= 0.6 is 0 Å². The van der Waals surface area contributed by atoms with E-state index in [1.807, 2.05) is 42.5 Å². The molecule has 1 heterocycles. The minimum absolute atomic E-state index is 0.0669. The van der Waals surface area contributed by atoms with Gasteiger partial charge in [-0.1, -0.05) is 36.4 Å². The fourth-order valence-corrected chi connectivity index (χ4v) is 2.80. The normalized spacial score (nSPS) is 16.2. The van der Waals surface area contributed by atoms with Crippen molar-refractivity contribution in [3.8, 4) is 0 Å². The molecule has 0 N–H and O–H groups in total. The van der Waals surface area contributed by atoms with Gasteiger partial charge in [-0.3, -0.25) is 9.59 Å². The highest BCUT2D eigenvalue weighted by Gasteiger charge is 2.34. The van der Waals surface area contributed by atoms with Gasteiger partial charge in [0.05, 0.1) is 6.04 Å². The molecule has 1 amide bonds. The molecule has 0 fully saturated rings. The molecule has 1 atom stereocenters. The molecule has 0 spiro atoms. The molecule has 22 heavy (non-hydrogen) atoms. The van der Waals surface area contributed by atoms with Crippen LogP contribution in [0.2, 0.25) is 0 Å². The van der Waals surface area contributed by atoms with Crippen LogP contribution in [0.5, 0.6) is 0 Å². The second kappa shape index (κ2) is 6.02. The van der Waals surface area contributed by atoms with Gasteiger partial charge < -0.3 is 9.64 Å². The summed E-state index contributed by atoms with van der Waals surface area (Å²) in [5, 5.41) is 0. The van der Waals surface area contributed by atoms with Gasteiger partial charge in [-0.25, -0.2) is 0 Å². The van der Waals surface area contributed by atoms with Gasteiger partial charge in [0.25, 0.3) is 5.91 Å². The van der Waals surface area contributed by atoms with E-state index in [2.05, 4.69) is 0 Å². The highest BCUT2D eigenvalue weighted by molar-refractivity contribution is 6.07. The molecule has 1 aliphatic heterocycles. The molecule has 112 valence electrons. The van der Waals surface area contributed by atoms with Crippen LogP contribution in [-0.4, -0.2) is 24.5 Å². The molecule has 0 bridgehead atoms. The van der Waals surface area contributed by atoms with Gasteiger partial charge in [0, 0.05) is 18.2 Å². The van der Waals surface area contributed by atoms with E-state index in [4.69, 9.17) is 4.74 Å². The molecule has 2 aromatic carbocycles. The Hall–Kier alpha value is -2.62. The number of rotatable bonds is 3. The number of nitrogens with zero attached hydrogens (tertiary/aromatic N) is 1. The summed E-state index contributed by atoms with van der Waals surface area (Å²) >= 11 is 0. The predicted molar refractivity (Wildman–Crippen MR) is 83.8 cm³/mol. The van der Waals surface area contributed by atoms with Crippen molar-refractivity contribution < 1.29 is 14.3 Å². The van der Waals surface area contributed by atoms with Crippen LogP contribution in [0, 0.1) is 0 Å². The Balaban J connectivity index is 1.92. The smallest absolute Gasteiger partial charge is 0.302 e. The first-order valence-corrected chi connectivity index (χ1v) is 7.26. The van der Waals surface area contributed by atoms with E-state index >= 15 is 0 Å². The molecule has 0 radical (unpaired) electrons. The quantitative estimate of drug-likeness (QED) is 0.818. The topological polar surface area (TPSA) is 46.6 Å². The zero-order valence-electron chi connectivity index (χ0n) is 12.4. The summed E-state index contributed by atoms with van der Waals surface area (Å²) < 4.78 is 5.14. The molecule has 1 unspecified atom stereocenters. The average Bonchev–Trinajstić information content (AvgIpc) is 2.91. The van der Waals surface area contributed by atoms with Crippen LogP contribution in [-0.2, 0) is 16.0 Å². The van der Waals surface area contributed by atoms with Crippen LogP contribution in [0.3, 0.4) is 0 Å². The molecular formula is C18H17NO3. The lowest BCUT2D eigenvalue weighted by Gasteiger charge is -2.25. The summed E-state index contributed by atoms with van der Waals surface area (Å²) in [5.41, 5.74) is 2.63. The highest BCUT2D eigenvalue weighted by Crippen LogP contribution is 2.33. The largest absolute Gasteiger partial charge is 0.464 e. The Labute approximate surface area is 129 Å². The first-order valence-electron chi connectivity index (χ1n) is 7.26. The Morgan fingerprint density at radius 3 is 2.50 bits per heavy atom. The number of esters is 1. The second-order valence-electron chi connectivity index (χ2n) is 5.33. The van der Waals surface area contributed by atoms with Crippen LogP contribution in [0.4, 0.5) is 5.69 Å². The number of ether oxygens (including phenoxy) is 1. The predicted octanol–water partition coefficient (Wildman–Crippen LogP) is 2.82. The third-order valence-corrected chi connectivity index (χ3v) is 3.79. The molecule has 0 saturated heterocycles. The Kier molecular flexibility index (Phi) is 3.92. The second-order valence-corrected chi connectivity index (χ2v) is 5.33. The standard InChI is InChI=1S/C18H17NO3/c1-13(20)22-12-16-11-15-9-5-6-10-17(15)19(16)18(21)14-7-3-2-4-8-14/h2-10,16H,11-12H2,1H3. The SMILES string of the molecule is CC(=O)OCC1Cc2ccccc2N1C(=O)c1ccccc1. The molecular weight excluding hydrogens is 278 g/mol. The Bertz CT molecular complexity index is 696. The summed E-state index contributed by atoms with van der Waals surface area (Å²) in [7, 11) is 0. The molecule has 1 aliphatic rings. The summed E-state index contributed by atoms with van der Waals surface area (Å²) in [5.74, 6) is -0.397. The zero-order valence-corrected chi connectivity index (χ0v) is 12.4. The summed E-state index contributed by atoms with van der Waals surface area (Å²) in [6.45, 7) is 1.59. The van der Waals surface area contributed by atoms with E-state index in [9.17, 15) is 9.59 Å². The monoisotopic (exact) mass is 295 g/mol. The van der Waals surface area contributed by atoms with Gasteiger partial charge in [-0.15, -0.1) is 0 Å². The van der Waals surface area contributed by atoms with Gasteiger partial charge in [-0.2, -0.15) is 0 Å². The summed E-state index contributed by atoms with van der Waals surface area (Å²) in [6, 6.07) is 16.8. The van der Waals surface area contributed by atoms with Crippen molar-refractivity contribution in [1.82, 2.24) is 0 Å². The maximum atomic E-state index is 12.9. The molecule has 0 aliphatic carbocycles. The van der Waals surface area contributed by atoms with E-state index in [0.717, 1.165) is 11.3 Å². The number of benzene rings is 2. The number of anilines is 1. The molecule has 0 aromatic heterocycles. The first-order chi connectivity index (χ1) is 10.7. The number of amides is 1. The van der Waals surface area contributed by atoms with Crippen molar-refractivity contribution >= 4 is 17.6 Å². The van der Waals surface area contributed by atoms with E-state index < -0.39 is 0 Å². The number of fused-ring (bicyclic) bond motifs is 1. The molecule has 3 rings (SSSR count). The minimum atomic E-state index is -0.330. The third kappa shape index (κ3) is 2.72. The van der Waals surface area contributed by atoms with Gasteiger partial charge in [0.15, 0.2) is 0 Å². The number of carbonyl (C=O) groups is 2. The molecule has 4 nitrogen and oxygen atoms in total. The van der Waals surface area contributed by atoms with Crippen LogP contribution in [0.25, 0.3) is 0 Å². The number of para-hydroxylation sites is 1. The van der Waals surface area contributed by atoms with Crippen molar-refractivity contribution in [2.75, 3.05) is 11.5 Å². The number of carbonyl (C=O) groups excluding carboxylic acids is 2. The van der Waals surface area contributed by atoms with Gasteiger partial charge in [0.2, 0.25) is 0 Å². The summed E-state index contributed by atoms with van der Waals surface area (Å²) in [6.07, 6.45) is 0.696. The number of hydrogen-bond acceptors (Lipinski definition) is 3. The Morgan fingerprint density at radius 1 is 1.09 bits per heavy atom. The van der Waals surface area contributed by atoms with Crippen molar-refractivity contribution in [3.63, 3.8) is 0 Å². The van der Waals surface area contributed by atoms with E-state index in [-0.39, 0.29) is 24.5 Å². The van der Waals surface area contributed by atoms with Crippen LogP contribution < -0.4 is 4.90 Å². The van der Waals surface area contributed by atoms with Crippen molar-refractivity contribution in [3.05, 3.63) is 65.7 Å². The maximum Gasteiger partial charge on any atom is 0.302 e. The average molecular weight is 295 g/mol. The molecule has 2 aromatic rings. The van der Waals surface area contributed by atoms with E-state index in [0.29, 0.717) is 12.0 Å². The van der Waals surface area contributed by atoms with Crippen LogP contribution in [0.15, 0.2) is 54.6 Å². The highest BCUT2D eigenvalue weighted by atomic mass is 16.5. The van der Waals surface area contributed by atoms with E-state index in [1.165, 1.54) is 6.92 Å². The van der Waals surface area contributed by atoms with Gasteiger partial charge in [-0.05, 0) is 30.2 Å². The third-order valence-electron chi connectivity index (χ3n) is 3.79. The van der Waals surface area contributed by atoms with E-state index in [1.54, 1.807) is 17.0 Å². The fourth-order valence-electron chi connectivity index (χ4n) is 2.80. The lowest BCUT2D eigenvalue weighted by atomic mass is 10.1. The molecule has 4 heteroatoms. The number of hydrogen-bond donors (Lipinski definition) is 0. The van der Waals surface area contributed by atoms with Crippen molar-refractivity contribution in [1.29, 1.82) is 0 Å². The first kappa shape index (κ1) is 14.3.